The van der Waals surface area contributed by atoms with Crippen LogP contribution in [0, 0.1) is 0 Å². The molecule has 0 unspecified atom stereocenters. The summed E-state index contributed by atoms with van der Waals surface area (Å²) in [5.41, 5.74) is 2.32. The minimum Gasteiger partial charge on any atom is -0.463 e. The van der Waals surface area contributed by atoms with Gasteiger partial charge in [-0.25, -0.2) is 0 Å². The Morgan fingerprint density at radius 3 is 2.43 bits per heavy atom. The van der Waals surface area contributed by atoms with Gasteiger partial charge in [0, 0.05) is 13.8 Å². The van der Waals surface area contributed by atoms with Crippen molar-refractivity contribution in [3.63, 3.8) is 0 Å². The largest absolute Gasteiger partial charge is 0.463 e. The van der Waals surface area contributed by atoms with Gasteiger partial charge in [0.15, 0.2) is 0 Å². The van der Waals surface area contributed by atoms with Gasteiger partial charge >= 0.3 is 0 Å². The molecule has 0 radical (unpaired) electrons. The fourth-order valence-electron chi connectivity index (χ4n) is 2.05. The van der Waals surface area contributed by atoms with Crippen LogP contribution < -0.4 is 4.74 Å². The molecular weight excluding hydrogens is 260 g/mol. The average molecular weight is 282 g/mol. The SMILES string of the molecule is C=CCc1cccc(OC(C)(C)OCc2ccccc2)c1. The van der Waals surface area contributed by atoms with Crippen molar-refractivity contribution in [3.8, 4) is 5.75 Å². The lowest BCUT2D eigenvalue weighted by atomic mass is 10.1. The Bertz CT molecular complexity index is 573. The highest BCUT2D eigenvalue weighted by molar-refractivity contribution is 5.30. The summed E-state index contributed by atoms with van der Waals surface area (Å²) in [6.07, 6.45) is 2.72. The van der Waals surface area contributed by atoms with E-state index in [2.05, 4.69) is 12.6 Å². The van der Waals surface area contributed by atoms with Gasteiger partial charge in [-0.3, -0.25) is 0 Å². The van der Waals surface area contributed by atoms with Gasteiger partial charge in [0.1, 0.15) is 5.75 Å². The van der Waals surface area contributed by atoms with Crippen molar-refractivity contribution >= 4 is 0 Å². The minimum atomic E-state index is -0.678. The van der Waals surface area contributed by atoms with E-state index in [0.29, 0.717) is 6.61 Å². The number of benzene rings is 2. The molecule has 110 valence electrons. The van der Waals surface area contributed by atoms with Crippen molar-refractivity contribution in [2.45, 2.75) is 32.7 Å². The highest BCUT2D eigenvalue weighted by Crippen LogP contribution is 2.22. The Hall–Kier alpha value is -2.06. The van der Waals surface area contributed by atoms with Crippen molar-refractivity contribution < 1.29 is 9.47 Å². The van der Waals surface area contributed by atoms with Crippen molar-refractivity contribution in [3.05, 3.63) is 78.4 Å². The average Bonchev–Trinajstić information content (AvgIpc) is 2.47. The van der Waals surface area contributed by atoms with E-state index in [-0.39, 0.29) is 0 Å². The van der Waals surface area contributed by atoms with Crippen LogP contribution in [0.5, 0.6) is 5.75 Å². The Labute approximate surface area is 127 Å². The number of hydrogen-bond acceptors (Lipinski definition) is 2. The number of rotatable bonds is 7. The number of hydrogen-bond donors (Lipinski definition) is 0. The van der Waals surface area contributed by atoms with E-state index in [9.17, 15) is 0 Å². The van der Waals surface area contributed by atoms with Crippen molar-refractivity contribution in [1.82, 2.24) is 0 Å². The lowest BCUT2D eigenvalue weighted by Gasteiger charge is -2.27. The van der Waals surface area contributed by atoms with Gasteiger partial charge in [-0.1, -0.05) is 48.5 Å². The maximum absolute atomic E-state index is 5.95. The van der Waals surface area contributed by atoms with Gasteiger partial charge in [0.2, 0.25) is 5.79 Å². The first-order valence-electron chi connectivity index (χ1n) is 7.16. The zero-order valence-electron chi connectivity index (χ0n) is 12.7. The molecule has 0 fully saturated rings. The summed E-state index contributed by atoms with van der Waals surface area (Å²) in [5.74, 6) is 0.134. The first-order valence-corrected chi connectivity index (χ1v) is 7.16. The second-order valence-electron chi connectivity index (χ2n) is 5.42. The highest BCUT2D eigenvalue weighted by atomic mass is 16.7. The second-order valence-corrected chi connectivity index (χ2v) is 5.42. The summed E-state index contributed by atoms with van der Waals surface area (Å²) in [6.45, 7) is 8.14. The summed E-state index contributed by atoms with van der Waals surface area (Å²) in [6, 6.07) is 18.1. The van der Waals surface area contributed by atoms with Gasteiger partial charge in [-0.05, 0) is 29.7 Å². The molecule has 0 atom stereocenters. The Kier molecular flexibility index (Phi) is 5.18. The molecule has 0 aliphatic rings. The van der Waals surface area contributed by atoms with Crippen molar-refractivity contribution in [1.29, 1.82) is 0 Å². The van der Waals surface area contributed by atoms with E-state index in [0.717, 1.165) is 17.7 Å². The first-order chi connectivity index (χ1) is 10.1. The lowest BCUT2D eigenvalue weighted by Crippen LogP contribution is -2.31. The van der Waals surface area contributed by atoms with Crippen LogP contribution in [-0.2, 0) is 17.8 Å². The molecule has 2 nitrogen and oxygen atoms in total. The van der Waals surface area contributed by atoms with Gasteiger partial charge in [-0.15, -0.1) is 6.58 Å². The Morgan fingerprint density at radius 1 is 1.00 bits per heavy atom. The normalized spacial score (nSPS) is 11.1. The van der Waals surface area contributed by atoms with Crippen LogP contribution in [0.2, 0.25) is 0 Å². The molecule has 0 amide bonds. The topological polar surface area (TPSA) is 18.5 Å². The predicted molar refractivity (Wildman–Crippen MR) is 86.3 cm³/mol. The zero-order valence-corrected chi connectivity index (χ0v) is 12.7. The van der Waals surface area contributed by atoms with Crippen molar-refractivity contribution in [2.24, 2.45) is 0 Å². The molecule has 21 heavy (non-hydrogen) atoms. The molecule has 0 aliphatic heterocycles. The summed E-state index contributed by atoms with van der Waals surface area (Å²) in [4.78, 5) is 0. The third-order valence-corrected chi connectivity index (χ3v) is 3.07. The molecule has 0 heterocycles. The summed E-state index contributed by atoms with van der Waals surface area (Å²) < 4.78 is 11.8. The minimum absolute atomic E-state index is 0.528. The van der Waals surface area contributed by atoms with Gasteiger partial charge in [0.05, 0.1) is 6.61 Å². The van der Waals surface area contributed by atoms with E-state index < -0.39 is 5.79 Å². The highest BCUT2D eigenvalue weighted by Gasteiger charge is 2.20. The second kappa shape index (κ2) is 7.09. The number of ether oxygens (including phenoxy) is 2. The Balaban J connectivity index is 1.96. The molecular formula is C19H22O2. The Morgan fingerprint density at radius 2 is 1.71 bits per heavy atom. The summed E-state index contributed by atoms with van der Waals surface area (Å²) >= 11 is 0. The van der Waals surface area contributed by atoms with Gasteiger partial charge in [-0.2, -0.15) is 0 Å². The third-order valence-electron chi connectivity index (χ3n) is 3.07. The van der Waals surface area contributed by atoms with E-state index in [1.807, 2.05) is 68.5 Å². The molecule has 0 bridgehead atoms. The van der Waals surface area contributed by atoms with E-state index in [4.69, 9.17) is 9.47 Å². The molecule has 0 aliphatic carbocycles. The van der Waals surface area contributed by atoms with E-state index in [1.54, 1.807) is 0 Å². The third kappa shape index (κ3) is 5.09. The van der Waals surface area contributed by atoms with E-state index in [1.165, 1.54) is 5.56 Å². The van der Waals surface area contributed by atoms with Crippen LogP contribution in [0.1, 0.15) is 25.0 Å². The van der Waals surface area contributed by atoms with Crippen molar-refractivity contribution in [2.75, 3.05) is 0 Å². The smallest absolute Gasteiger partial charge is 0.205 e. The molecule has 0 saturated heterocycles. The van der Waals surface area contributed by atoms with Crippen LogP contribution >= 0.6 is 0 Å². The van der Waals surface area contributed by atoms with Crippen LogP contribution in [0.25, 0.3) is 0 Å². The van der Waals surface area contributed by atoms with Crippen LogP contribution in [0.15, 0.2) is 67.3 Å². The fraction of sp³-hybridized carbons (Fsp3) is 0.263. The lowest BCUT2D eigenvalue weighted by molar-refractivity contribution is -0.164. The molecule has 0 saturated carbocycles. The van der Waals surface area contributed by atoms with Crippen LogP contribution in [-0.4, -0.2) is 5.79 Å². The molecule has 2 heteroatoms. The van der Waals surface area contributed by atoms with Crippen LogP contribution in [0.3, 0.4) is 0 Å². The maximum atomic E-state index is 5.95. The predicted octanol–water partition coefficient (Wildman–Crippen LogP) is 4.75. The summed E-state index contributed by atoms with van der Waals surface area (Å²) in [7, 11) is 0. The van der Waals surface area contributed by atoms with E-state index >= 15 is 0 Å². The maximum Gasteiger partial charge on any atom is 0.205 e. The first kappa shape index (κ1) is 15.3. The number of allylic oxidation sites excluding steroid dienone is 1. The molecule has 0 N–H and O–H groups in total. The van der Waals surface area contributed by atoms with Crippen LogP contribution in [0.4, 0.5) is 0 Å². The monoisotopic (exact) mass is 282 g/mol. The summed E-state index contributed by atoms with van der Waals surface area (Å²) in [5, 5.41) is 0. The molecule has 2 rings (SSSR count). The molecule has 0 aromatic heterocycles. The van der Waals surface area contributed by atoms with Gasteiger partial charge in [0.25, 0.3) is 0 Å². The fourth-order valence-corrected chi connectivity index (χ4v) is 2.05. The molecule has 0 spiro atoms. The standard InChI is InChI=1S/C19H22O2/c1-4-9-16-12-8-13-18(14-16)21-19(2,3)20-15-17-10-6-5-7-11-17/h4-8,10-14H,1,9,15H2,2-3H3. The zero-order chi connectivity index (χ0) is 15.1. The molecule has 2 aromatic carbocycles. The van der Waals surface area contributed by atoms with Gasteiger partial charge < -0.3 is 9.47 Å². The quantitative estimate of drug-likeness (QED) is 0.539. The molecule has 2 aromatic rings.